The average molecular weight is 276 g/mol. The standard InChI is InChI=1S/C18H16N2O/c19-18(21)17(12-14-6-2-1-3-7-14)20-11-10-15-8-4-5-9-16(15)13-20/h1-12H,13H2,(H2,19,21)/b17-12+. The molecule has 2 aromatic rings. The molecule has 0 spiro atoms. The molecule has 0 aliphatic carbocycles. The van der Waals surface area contributed by atoms with Gasteiger partial charge < -0.3 is 10.6 Å². The van der Waals surface area contributed by atoms with Crippen molar-refractivity contribution in [3.05, 3.63) is 83.2 Å². The lowest BCUT2D eigenvalue weighted by molar-refractivity contribution is -0.115. The molecule has 2 N–H and O–H groups in total. The largest absolute Gasteiger partial charge is 0.364 e. The maximum atomic E-state index is 11.8. The van der Waals surface area contributed by atoms with Crippen LogP contribution in [0.1, 0.15) is 16.7 Å². The minimum atomic E-state index is -0.428. The molecule has 0 atom stereocenters. The average Bonchev–Trinajstić information content (AvgIpc) is 2.53. The van der Waals surface area contributed by atoms with Gasteiger partial charge in [0.25, 0.3) is 5.91 Å². The van der Waals surface area contributed by atoms with Gasteiger partial charge in [-0.3, -0.25) is 4.79 Å². The summed E-state index contributed by atoms with van der Waals surface area (Å²) in [5.41, 5.74) is 9.36. The van der Waals surface area contributed by atoms with Crippen LogP contribution in [-0.2, 0) is 11.3 Å². The van der Waals surface area contributed by atoms with Crippen molar-refractivity contribution < 1.29 is 4.79 Å². The van der Waals surface area contributed by atoms with Crippen molar-refractivity contribution in [1.29, 1.82) is 0 Å². The normalized spacial score (nSPS) is 13.9. The number of amides is 1. The lowest BCUT2D eigenvalue weighted by atomic mass is 10.0. The summed E-state index contributed by atoms with van der Waals surface area (Å²) >= 11 is 0. The molecule has 0 saturated carbocycles. The van der Waals surface area contributed by atoms with E-state index in [4.69, 9.17) is 5.73 Å². The molecule has 0 radical (unpaired) electrons. The summed E-state index contributed by atoms with van der Waals surface area (Å²) in [5.74, 6) is -0.428. The maximum Gasteiger partial charge on any atom is 0.265 e. The first-order valence-electron chi connectivity index (χ1n) is 6.83. The number of nitrogens with zero attached hydrogens (tertiary/aromatic N) is 1. The lowest BCUT2D eigenvalue weighted by Gasteiger charge is -2.26. The Hall–Kier alpha value is -2.81. The van der Waals surface area contributed by atoms with E-state index in [1.54, 1.807) is 0 Å². The van der Waals surface area contributed by atoms with Gasteiger partial charge in [0.05, 0.1) is 0 Å². The fourth-order valence-corrected chi connectivity index (χ4v) is 2.42. The summed E-state index contributed by atoms with van der Waals surface area (Å²) in [6.45, 7) is 0.647. The zero-order chi connectivity index (χ0) is 14.7. The van der Waals surface area contributed by atoms with Crippen LogP contribution < -0.4 is 5.73 Å². The first-order valence-corrected chi connectivity index (χ1v) is 6.83. The van der Waals surface area contributed by atoms with E-state index >= 15 is 0 Å². The van der Waals surface area contributed by atoms with Gasteiger partial charge in [-0.1, -0.05) is 54.6 Å². The van der Waals surface area contributed by atoms with Crippen molar-refractivity contribution in [3.8, 4) is 0 Å². The zero-order valence-electron chi connectivity index (χ0n) is 11.6. The highest BCUT2D eigenvalue weighted by Gasteiger charge is 2.17. The van der Waals surface area contributed by atoms with Crippen molar-refractivity contribution in [2.45, 2.75) is 6.54 Å². The number of hydrogen-bond donors (Lipinski definition) is 1. The Bertz CT molecular complexity index is 717. The summed E-state index contributed by atoms with van der Waals surface area (Å²) in [7, 11) is 0. The van der Waals surface area contributed by atoms with E-state index in [0.29, 0.717) is 12.2 Å². The summed E-state index contributed by atoms with van der Waals surface area (Å²) < 4.78 is 0. The number of fused-ring (bicyclic) bond motifs is 1. The molecule has 0 fully saturated rings. The number of nitrogens with two attached hydrogens (primary N) is 1. The van der Waals surface area contributed by atoms with Crippen LogP contribution in [0.2, 0.25) is 0 Å². The molecule has 1 heterocycles. The monoisotopic (exact) mass is 276 g/mol. The second-order valence-corrected chi connectivity index (χ2v) is 4.95. The number of rotatable bonds is 3. The molecule has 3 heteroatoms. The topological polar surface area (TPSA) is 46.3 Å². The molecule has 3 rings (SSSR count). The van der Waals surface area contributed by atoms with Gasteiger partial charge in [0, 0.05) is 12.7 Å². The molecule has 1 amide bonds. The third-order valence-corrected chi connectivity index (χ3v) is 3.49. The number of hydrogen-bond acceptors (Lipinski definition) is 2. The van der Waals surface area contributed by atoms with Gasteiger partial charge in [-0.2, -0.15) is 0 Å². The van der Waals surface area contributed by atoms with Crippen LogP contribution in [0, 0.1) is 0 Å². The predicted molar refractivity (Wildman–Crippen MR) is 84.6 cm³/mol. The molecule has 0 aromatic heterocycles. The van der Waals surface area contributed by atoms with Gasteiger partial charge in [-0.15, -0.1) is 0 Å². The smallest absolute Gasteiger partial charge is 0.265 e. The molecule has 0 bridgehead atoms. The van der Waals surface area contributed by atoms with Gasteiger partial charge in [0.1, 0.15) is 5.70 Å². The number of benzene rings is 2. The Morgan fingerprint density at radius 2 is 1.76 bits per heavy atom. The Morgan fingerprint density at radius 1 is 1.05 bits per heavy atom. The fraction of sp³-hybridized carbons (Fsp3) is 0.0556. The van der Waals surface area contributed by atoms with Gasteiger partial charge in [-0.25, -0.2) is 0 Å². The zero-order valence-corrected chi connectivity index (χ0v) is 11.6. The summed E-state index contributed by atoms with van der Waals surface area (Å²) in [4.78, 5) is 13.7. The molecule has 0 saturated heterocycles. The Morgan fingerprint density at radius 3 is 2.52 bits per heavy atom. The van der Waals surface area contributed by atoms with Crippen LogP contribution in [0.4, 0.5) is 0 Å². The second-order valence-electron chi connectivity index (χ2n) is 4.95. The van der Waals surface area contributed by atoms with Crippen molar-refractivity contribution in [3.63, 3.8) is 0 Å². The van der Waals surface area contributed by atoms with E-state index in [9.17, 15) is 4.79 Å². The molecular formula is C18H16N2O. The molecule has 2 aromatic carbocycles. The molecule has 3 nitrogen and oxygen atoms in total. The van der Waals surface area contributed by atoms with Crippen LogP contribution in [0.25, 0.3) is 12.2 Å². The second kappa shape index (κ2) is 5.67. The van der Waals surface area contributed by atoms with Crippen LogP contribution in [0.15, 0.2) is 66.5 Å². The third kappa shape index (κ3) is 2.87. The van der Waals surface area contributed by atoms with Gasteiger partial charge in [0.2, 0.25) is 0 Å². The maximum absolute atomic E-state index is 11.8. The Kier molecular flexibility index (Phi) is 3.56. The van der Waals surface area contributed by atoms with E-state index in [2.05, 4.69) is 12.1 Å². The van der Waals surface area contributed by atoms with Crippen LogP contribution >= 0.6 is 0 Å². The number of primary amides is 1. The quantitative estimate of drug-likeness (QED) is 0.876. The SMILES string of the molecule is NC(=O)/C(=C\c1ccccc1)N1C=Cc2ccccc2C1. The van der Waals surface area contributed by atoms with Crippen LogP contribution in [-0.4, -0.2) is 10.8 Å². The number of carbonyl (C=O) groups is 1. The Balaban J connectivity index is 1.94. The van der Waals surface area contributed by atoms with Gasteiger partial charge >= 0.3 is 0 Å². The minimum absolute atomic E-state index is 0.428. The molecular weight excluding hydrogens is 260 g/mol. The minimum Gasteiger partial charge on any atom is -0.364 e. The van der Waals surface area contributed by atoms with Crippen molar-refractivity contribution in [2.24, 2.45) is 5.73 Å². The van der Waals surface area contributed by atoms with Crippen molar-refractivity contribution in [1.82, 2.24) is 4.90 Å². The molecule has 104 valence electrons. The molecule has 0 unspecified atom stereocenters. The summed E-state index contributed by atoms with van der Waals surface area (Å²) in [6, 6.07) is 17.8. The van der Waals surface area contributed by atoms with E-state index in [0.717, 1.165) is 5.56 Å². The molecule has 1 aliphatic heterocycles. The fourth-order valence-electron chi connectivity index (χ4n) is 2.42. The van der Waals surface area contributed by atoms with E-state index in [1.165, 1.54) is 11.1 Å². The number of carbonyl (C=O) groups excluding carboxylic acids is 1. The van der Waals surface area contributed by atoms with Crippen molar-refractivity contribution in [2.75, 3.05) is 0 Å². The third-order valence-electron chi connectivity index (χ3n) is 3.49. The molecule has 1 aliphatic rings. The van der Waals surface area contributed by atoms with Crippen LogP contribution in [0.3, 0.4) is 0 Å². The van der Waals surface area contributed by atoms with E-state index in [1.807, 2.05) is 65.7 Å². The van der Waals surface area contributed by atoms with Crippen LogP contribution in [0.5, 0.6) is 0 Å². The highest BCUT2D eigenvalue weighted by atomic mass is 16.1. The van der Waals surface area contributed by atoms with Crippen molar-refractivity contribution >= 4 is 18.1 Å². The summed E-state index contributed by atoms with van der Waals surface area (Å²) in [5, 5.41) is 0. The van der Waals surface area contributed by atoms with Gasteiger partial charge in [0.15, 0.2) is 0 Å². The van der Waals surface area contributed by atoms with Gasteiger partial charge in [-0.05, 0) is 28.8 Å². The molecule has 21 heavy (non-hydrogen) atoms. The Labute approximate surface area is 124 Å². The van der Waals surface area contributed by atoms with E-state index in [-0.39, 0.29) is 0 Å². The first-order chi connectivity index (χ1) is 10.2. The summed E-state index contributed by atoms with van der Waals surface area (Å²) in [6.07, 6.45) is 5.73. The highest BCUT2D eigenvalue weighted by molar-refractivity contribution is 5.96. The lowest BCUT2D eigenvalue weighted by Crippen LogP contribution is -2.28. The predicted octanol–water partition coefficient (Wildman–Crippen LogP) is 3.00. The first kappa shape index (κ1) is 13.2. The van der Waals surface area contributed by atoms with E-state index < -0.39 is 5.91 Å². The highest BCUT2D eigenvalue weighted by Crippen LogP contribution is 2.23.